The molecule has 3 aliphatic rings. The Morgan fingerprint density at radius 1 is 1.07 bits per heavy atom. The Hall–Kier alpha value is -1.46. The molecule has 150 valence electrons. The molecule has 0 aromatic heterocycles. The van der Waals surface area contributed by atoms with Gasteiger partial charge in [-0.25, -0.2) is 0 Å². The van der Waals surface area contributed by atoms with E-state index < -0.39 is 0 Å². The van der Waals surface area contributed by atoms with Crippen LogP contribution >= 0.6 is 23.4 Å². The van der Waals surface area contributed by atoms with E-state index in [-0.39, 0.29) is 17.7 Å². The Morgan fingerprint density at radius 2 is 1.75 bits per heavy atom. The first-order chi connectivity index (χ1) is 13.6. The minimum absolute atomic E-state index is 0.0193. The number of hydrogen-bond acceptors (Lipinski definition) is 4. The molecule has 0 spiro atoms. The molecule has 1 saturated heterocycles. The van der Waals surface area contributed by atoms with Crippen molar-refractivity contribution in [3.8, 4) is 5.75 Å². The zero-order chi connectivity index (χ0) is 19.5. The standard InChI is InChI=1S/C22H27ClN2O2S/c23-16-11-12-19(26)15(13-16)14-20-21(27)25(18-9-5-2-6-10-18)22(28-20)24-17-7-3-1-4-8-17/h11-14,17-18,26H,1-10H2. The maximum absolute atomic E-state index is 13.3. The molecule has 28 heavy (non-hydrogen) atoms. The Kier molecular flexibility index (Phi) is 6.32. The number of phenols is 1. The van der Waals surface area contributed by atoms with E-state index in [9.17, 15) is 9.90 Å². The summed E-state index contributed by atoms with van der Waals surface area (Å²) in [6.45, 7) is 0. The molecule has 4 rings (SSSR count). The van der Waals surface area contributed by atoms with Crippen molar-refractivity contribution in [2.75, 3.05) is 0 Å². The minimum atomic E-state index is 0.0193. The van der Waals surface area contributed by atoms with E-state index in [0.29, 0.717) is 21.5 Å². The normalized spacial score (nSPS) is 25.2. The molecule has 0 radical (unpaired) electrons. The zero-order valence-corrected chi connectivity index (χ0v) is 17.6. The van der Waals surface area contributed by atoms with Gasteiger partial charge in [0, 0.05) is 16.6 Å². The van der Waals surface area contributed by atoms with Gasteiger partial charge in [0.05, 0.1) is 10.9 Å². The smallest absolute Gasteiger partial charge is 0.267 e. The molecule has 2 aliphatic carbocycles. The number of thioether (sulfide) groups is 1. The molecule has 1 aromatic rings. The number of aliphatic imine (C=N–C) groups is 1. The molecular weight excluding hydrogens is 392 g/mol. The van der Waals surface area contributed by atoms with E-state index in [1.807, 2.05) is 4.90 Å². The fraction of sp³-hybridized carbons (Fsp3) is 0.545. The number of amides is 1. The molecule has 2 saturated carbocycles. The number of phenolic OH excluding ortho intramolecular Hbond substituents is 1. The van der Waals surface area contributed by atoms with Crippen molar-refractivity contribution in [1.29, 1.82) is 0 Å². The van der Waals surface area contributed by atoms with Crippen LogP contribution in [-0.2, 0) is 4.79 Å². The first-order valence-electron chi connectivity index (χ1n) is 10.4. The second-order valence-corrected chi connectivity index (χ2v) is 9.43. The van der Waals surface area contributed by atoms with E-state index in [1.54, 1.807) is 24.3 Å². The van der Waals surface area contributed by atoms with Crippen LogP contribution in [-0.4, -0.2) is 33.2 Å². The van der Waals surface area contributed by atoms with Gasteiger partial charge in [0.2, 0.25) is 0 Å². The number of carbonyl (C=O) groups is 1. The summed E-state index contributed by atoms with van der Waals surface area (Å²) >= 11 is 7.54. The van der Waals surface area contributed by atoms with Crippen molar-refractivity contribution < 1.29 is 9.90 Å². The molecule has 6 heteroatoms. The predicted octanol–water partition coefficient (Wildman–Crippen LogP) is 5.98. The Morgan fingerprint density at radius 3 is 2.46 bits per heavy atom. The van der Waals surface area contributed by atoms with Crippen LogP contribution < -0.4 is 0 Å². The average molecular weight is 419 g/mol. The summed E-state index contributed by atoms with van der Waals surface area (Å²) in [6.07, 6.45) is 13.4. The molecule has 1 N–H and O–H groups in total. The molecule has 1 aromatic carbocycles. The second-order valence-electron chi connectivity index (χ2n) is 7.98. The van der Waals surface area contributed by atoms with E-state index in [1.165, 1.54) is 50.3 Å². The van der Waals surface area contributed by atoms with Crippen molar-refractivity contribution >= 4 is 40.5 Å². The Balaban J connectivity index is 1.65. The molecule has 1 aliphatic heterocycles. The zero-order valence-electron chi connectivity index (χ0n) is 16.1. The minimum Gasteiger partial charge on any atom is -0.507 e. The number of nitrogens with zero attached hydrogens (tertiary/aromatic N) is 2. The number of halogens is 1. The van der Waals surface area contributed by atoms with Crippen LogP contribution in [0.25, 0.3) is 6.08 Å². The van der Waals surface area contributed by atoms with Gasteiger partial charge in [-0.15, -0.1) is 0 Å². The van der Waals surface area contributed by atoms with E-state index in [2.05, 4.69) is 0 Å². The summed E-state index contributed by atoms with van der Waals surface area (Å²) < 4.78 is 0. The number of amidine groups is 1. The van der Waals surface area contributed by atoms with Crippen molar-refractivity contribution in [3.05, 3.63) is 33.7 Å². The largest absolute Gasteiger partial charge is 0.507 e. The third kappa shape index (κ3) is 4.41. The molecule has 1 amide bonds. The number of carbonyl (C=O) groups excluding carboxylic acids is 1. The average Bonchev–Trinajstić information content (AvgIpc) is 3.01. The van der Waals surface area contributed by atoms with Crippen LogP contribution in [0.4, 0.5) is 0 Å². The van der Waals surface area contributed by atoms with Gasteiger partial charge in [-0.3, -0.25) is 14.7 Å². The van der Waals surface area contributed by atoms with Gasteiger partial charge in [-0.2, -0.15) is 0 Å². The van der Waals surface area contributed by atoms with E-state index in [4.69, 9.17) is 16.6 Å². The van der Waals surface area contributed by atoms with Crippen LogP contribution in [0.5, 0.6) is 5.75 Å². The number of aromatic hydroxyl groups is 1. The van der Waals surface area contributed by atoms with Crippen LogP contribution in [0.3, 0.4) is 0 Å². The van der Waals surface area contributed by atoms with Gasteiger partial charge in [-0.1, -0.05) is 50.1 Å². The van der Waals surface area contributed by atoms with Crippen molar-refractivity contribution in [2.24, 2.45) is 4.99 Å². The van der Waals surface area contributed by atoms with Gasteiger partial charge in [0.25, 0.3) is 5.91 Å². The first-order valence-corrected chi connectivity index (χ1v) is 11.6. The van der Waals surface area contributed by atoms with Crippen molar-refractivity contribution in [3.63, 3.8) is 0 Å². The molecule has 1 heterocycles. The highest BCUT2D eigenvalue weighted by atomic mass is 35.5. The second kappa shape index (κ2) is 8.91. The summed E-state index contributed by atoms with van der Waals surface area (Å²) in [5.41, 5.74) is 0.575. The van der Waals surface area contributed by atoms with Crippen LogP contribution in [0.1, 0.15) is 69.8 Å². The number of rotatable bonds is 3. The first kappa shape index (κ1) is 19.8. The molecular formula is C22H27ClN2O2S. The summed E-state index contributed by atoms with van der Waals surface area (Å²) in [7, 11) is 0. The van der Waals surface area contributed by atoms with Crippen LogP contribution in [0, 0.1) is 0 Å². The fourth-order valence-corrected chi connectivity index (χ4v) is 5.67. The summed E-state index contributed by atoms with van der Waals surface area (Å²) in [4.78, 5) is 20.9. The maximum Gasteiger partial charge on any atom is 0.267 e. The topological polar surface area (TPSA) is 52.9 Å². The summed E-state index contributed by atoms with van der Waals surface area (Å²) in [5.74, 6) is 0.151. The third-order valence-corrected chi connectivity index (χ3v) is 7.15. The van der Waals surface area contributed by atoms with Crippen molar-refractivity contribution in [1.82, 2.24) is 4.90 Å². The van der Waals surface area contributed by atoms with Crippen LogP contribution in [0.15, 0.2) is 28.1 Å². The maximum atomic E-state index is 13.3. The highest BCUT2D eigenvalue weighted by Gasteiger charge is 2.39. The van der Waals surface area contributed by atoms with Gasteiger partial charge in [0.15, 0.2) is 5.17 Å². The molecule has 0 atom stereocenters. The van der Waals surface area contributed by atoms with Gasteiger partial charge >= 0.3 is 0 Å². The lowest BCUT2D eigenvalue weighted by atomic mass is 9.94. The van der Waals surface area contributed by atoms with Gasteiger partial charge in [0.1, 0.15) is 5.75 Å². The molecule has 4 nitrogen and oxygen atoms in total. The van der Waals surface area contributed by atoms with Crippen molar-refractivity contribution in [2.45, 2.75) is 76.3 Å². The lowest BCUT2D eigenvalue weighted by Crippen LogP contribution is -2.41. The Bertz CT molecular complexity index is 796. The SMILES string of the molecule is O=C1C(=Cc2cc(Cl)ccc2O)SC(=NC2CCCCC2)N1C1CCCCC1. The predicted molar refractivity (Wildman–Crippen MR) is 117 cm³/mol. The quantitative estimate of drug-likeness (QED) is 0.614. The van der Waals surface area contributed by atoms with E-state index >= 15 is 0 Å². The summed E-state index contributed by atoms with van der Waals surface area (Å²) in [6, 6.07) is 5.48. The number of benzene rings is 1. The van der Waals surface area contributed by atoms with Crippen LogP contribution in [0.2, 0.25) is 5.02 Å². The van der Waals surface area contributed by atoms with E-state index in [0.717, 1.165) is 30.9 Å². The highest BCUT2D eigenvalue weighted by molar-refractivity contribution is 8.18. The fourth-order valence-electron chi connectivity index (χ4n) is 4.39. The molecule has 0 bridgehead atoms. The molecule has 0 unspecified atom stereocenters. The lowest BCUT2D eigenvalue weighted by Gasteiger charge is -2.31. The lowest BCUT2D eigenvalue weighted by molar-refractivity contribution is -0.124. The van der Waals surface area contributed by atoms with Gasteiger partial charge < -0.3 is 5.11 Å². The molecule has 3 fully saturated rings. The van der Waals surface area contributed by atoms with Gasteiger partial charge in [-0.05, 0) is 61.7 Å². The third-order valence-electron chi connectivity index (χ3n) is 5.92. The number of hydrogen-bond donors (Lipinski definition) is 1. The Labute approximate surface area is 176 Å². The summed E-state index contributed by atoms with van der Waals surface area (Å²) in [5, 5.41) is 11.6. The highest BCUT2D eigenvalue weighted by Crippen LogP contribution is 2.39. The monoisotopic (exact) mass is 418 g/mol.